The topological polar surface area (TPSA) is 79.9 Å². The lowest BCUT2D eigenvalue weighted by Gasteiger charge is -2.64. The van der Waals surface area contributed by atoms with Gasteiger partial charge in [-0.15, -0.1) is 0 Å². The zero-order valence-electron chi connectivity index (χ0n) is 25.4. The van der Waals surface area contributed by atoms with E-state index in [2.05, 4.69) is 73.9 Å². The number of amides is 2. The number of fused-ring (bicyclic) bond motifs is 1. The molecule has 2 N–H and O–H groups in total. The van der Waals surface area contributed by atoms with Crippen molar-refractivity contribution in [2.75, 3.05) is 19.5 Å². The quantitative estimate of drug-likeness (QED) is 0.379. The van der Waals surface area contributed by atoms with Crippen LogP contribution in [0.1, 0.15) is 57.1 Å². The SMILES string of the molecule is CC1(C)C2CC1[C@]1(C)OB(CNC(=O)C3CC(c4ccccc4)CN3C(=O)CNCc3ccc4ccccc4c3)O[C@@H]1C2. The van der Waals surface area contributed by atoms with Crippen LogP contribution >= 0.6 is 0 Å². The maximum atomic E-state index is 13.6. The Hall–Kier alpha value is -3.20. The highest BCUT2D eigenvalue weighted by molar-refractivity contribution is 6.46. The molecule has 3 aromatic rings. The molecular weight excluding hydrogens is 537 g/mol. The van der Waals surface area contributed by atoms with Gasteiger partial charge < -0.3 is 24.8 Å². The summed E-state index contributed by atoms with van der Waals surface area (Å²) in [7, 11) is -0.465. The van der Waals surface area contributed by atoms with E-state index in [-0.39, 0.29) is 47.8 Å². The van der Waals surface area contributed by atoms with Gasteiger partial charge in [0.25, 0.3) is 0 Å². The summed E-state index contributed by atoms with van der Waals surface area (Å²) < 4.78 is 12.8. The zero-order chi connectivity index (χ0) is 29.8. The van der Waals surface area contributed by atoms with Gasteiger partial charge in [-0.3, -0.25) is 9.59 Å². The standard InChI is InChI=1S/C35H42BN3O4/c1-34(2)28-17-30(34)35(3)31(18-28)42-36(43-35)22-38-33(41)29-16-27(24-9-5-4-6-10-24)21-39(29)32(40)20-37-19-23-13-14-25-11-7-8-12-26(25)15-23/h4-15,27-31,37H,16-22H2,1-3H3,(H,38,41)/t27?,28?,29?,30?,31-,35+/m1/s1. The Kier molecular flexibility index (Phi) is 7.35. The lowest BCUT2D eigenvalue weighted by Crippen LogP contribution is -2.65. The van der Waals surface area contributed by atoms with Crippen LogP contribution in [-0.4, -0.2) is 61.1 Å². The van der Waals surface area contributed by atoms with Crippen molar-refractivity contribution in [3.63, 3.8) is 0 Å². The molecule has 8 rings (SSSR count). The first kappa shape index (κ1) is 28.6. The zero-order valence-corrected chi connectivity index (χ0v) is 25.4. The minimum atomic E-state index is -0.536. The van der Waals surface area contributed by atoms with Gasteiger partial charge in [0.2, 0.25) is 11.8 Å². The van der Waals surface area contributed by atoms with Gasteiger partial charge in [0, 0.05) is 19.0 Å². The molecule has 4 unspecified atom stereocenters. The van der Waals surface area contributed by atoms with Crippen LogP contribution in [0.3, 0.4) is 0 Å². The van der Waals surface area contributed by atoms with E-state index in [1.165, 1.54) is 17.2 Å². The number of hydrogen-bond donors (Lipinski definition) is 2. The second kappa shape index (κ2) is 11.1. The summed E-state index contributed by atoms with van der Waals surface area (Å²) >= 11 is 0. The summed E-state index contributed by atoms with van der Waals surface area (Å²) in [4.78, 5) is 29.0. The minimum Gasteiger partial charge on any atom is -0.404 e. The number of nitrogens with zero attached hydrogens (tertiary/aromatic N) is 1. The highest BCUT2D eigenvalue weighted by atomic mass is 16.7. The average molecular weight is 580 g/mol. The summed E-state index contributed by atoms with van der Waals surface area (Å²) in [5, 5.41) is 8.79. The van der Waals surface area contributed by atoms with Gasteiger partial charge in [0.15, 0.2) is 0 Å². The summed E-state index contributed by atoms with van der Waals surface area (Å²) in [6, 6.07) is 24.3. The van der Waals surface area contributed by atoms with Crippen LogP contribution in [0.2, 0.25) is 0 Å². The molecule has 6 atom stereocenters. The van der Waals surface area contributed by atoms with E-state index in [1.54, 1.807) is 4.90 Å². The van der Waals surface area contributed by atoms with Gasteiger partial charge in [0.1, 0.15) is 6.04 Å². The molecule has 3 aromatic carbocycles. The first-order valence-electron chi connectivity index (χ1n) is 15.9. The van der Waals surface area contributed by atoms with Gasteiger partial charge >= 0.3 is 7.12 Å². The number of likely N-dealkylation sites (tertiary alicyclic amines) is 1. The van der Waals surface area contributed by atoms with Gasteiger partial charge in [-0.25, -0.2) is 0 Å². The molecule has 2 amide bonds. The Labute approximate surface area is 254 Å². The van der Waals surface area contributed by atoms with Crippen molar-refractivity contribution < 1.29 is 18.9 Å². The Bertz CT molecular complexity index is 1520. The number of hydrogen-bond acceptors (Lipinski definition) is 5. The van der Waals surface area contributed by atoms with Crippen molar-refractivity contribution in [2.24, 2.45) is 17.3 Å². The van der Waals surface area contributed by atoms with Crippen molar-refractivity contribution in [2.45, 2.75) is 70.2 Å². The molecule has 0 aromatic heterocycles. The number of carbonyl (C=O) groups excluding carboxylic acids is 2. The average Bonchev–Trinajstić information content (AvgIpc) is 3.61. The van der Waals surface area contributed by atoms with E-state index in [1.807, 2.05) is 30.3 Å². The number of rotatable bonds is 8. The maximum Gasteiger partial charge on any atom is 0.478 e. The maximum absolute atomic E-state index is 13.6. The van der Waals surface area contributed by atoms with Crippen LogP contribution in [0.4, 0.5) is 0 Å². The molecule has 2 heterocycles. The normalized spacial score (nSPS) is 30.6. The molecule has 3 aliphatic carbocycles. The number of nitrogens with one attached hydrogen (secondary N) is 2. The van der Waals surface area contributed by atoms with Crippen LogP contribution in [0.25, 0.3) is 10.8 Å². The van der Waals surface area contributed by atoms with E-state index in [4.69, 9.17) is 9.31 Å². The summed E-state index contributed by atoms with van der Waals surface area (Å²) in [6.45, 7) is 8.15. The molecule has 224 valence electrons. The third-order valence-corrected chi connectivity index (χ3v) is 11.1. The molecule has 3 saturated carbocycles. The molecule has 0 radical (unpaired) electrons. The number of carbonyl (C=O) groups is 2. The molecule has 2 aliphatic heterocycles. The molecule has 2 saturated heterocycles. The Balaban J connectivity index is 0.987. The summed E-state index contributed by atoms with van der Waals surface area (Å²) in [6.07, 6.45) is 3.17. The van der Waals surface area contributed by atoms with Crippen molar-refractivity contribution in [3.05, 3.63) is 83.9 Å². The summed E-state index contributed by atoms with van der Waals surface area (Å²) in [5.74, 6) is 1.05. The van der Waals surface area contributed by atoms with Crippen LogP contribution in [0.15, 0.2) is 72.8 Å². The van der Waals surface area contributed by atoms with Crippen LogP contribution in [-0.2, 0) is 25.4 Å². The van der Waals surface area contributed by atoms with E-state index in [9.17, 15) is 9.59 Å². The molecule has 5 aliphatic rings. The van der Waals surface area contributed by atoms with Crippen LogP contribution < -0.4 is 10.6 Å². The van der Waals surface area contributed by atoms with Crippen LogP contribution in [0, 0.1) is 17.3 Å². The van der Waals surface area contributed by atoms with E-state index in [0.29, 0.717) is 31.3 Å². The monoisotopic (exact) mass is 579 g/mol. The molecule has 8 heteroatoms. The van der Waals surface area contributed by atoms with Crippen molar-refractivity contribution >= 4 is 29.7 Å². The van der Waals surface area contributed by atoms with Gasteiger partial charge in [0.05, 0.1) is 24.7 Å². The molecule has 2 bridgehead atoms. The molecular formula is C35H42BN3O4. The molecule has 43 heavy (non-hydrogen) atoms. The minimum absolute atomic E-state index is 0.0618. The second-order valence-corrected chi connectivity index (χ2v) is 13.8. The van der Waals surface area contributed by atoms with Gasteiger partial charge in [-0.1, -0.05) is 80.6 Å². The molecule has 0 spiro atoms. The van der Waals surface area contributed by atoms with E-state index in [0.717, 1.165) is 17.5 Å². The highest BCUT2D eigenvalue weighted by Crippen LogP contribution is 2.65. The first-order chi connectivity index (χ1) is 20.7. The Morgan fingerprint density at radius 1 is 0.953 bits per heavy atom. The highest BCUT2D eigenvalue weighted by Gasteiger charge is 2.67. The van der Waals surface area contributed by atoms with Crippen molar-refractivity contribution in [1.82, 2.24) is 15.5 Å². The van der Waals surface area contributed by atoms with Crippen molar-refractivity contribution in [3.8, 4) is 0 Å². The van der Waals surface area contributed by atoms with Crippen molar-refractivity contribution in [1.29, 1.82) is 0 Å². The fourth-order valence-electron chi connectivity index (χ4n) is 8.43. The smallest absolute Gasteiger partial charge is 0.404 e. The first-order valence-corrected chi connectivity index (χ1v) is 15.9. The van der Waals surface area contributed by atoms with E-state index < -0.39 is 13.2 Å². The molecule has 7 nitrogen and oxygen atoms in total. The van der Waals surface area contributed by atoms with E-state index >= 15 is 0 Å². The van der Waals surface area contributed by atoms with Gasteiger partial charge in [-0.05, 0) is 71.4 Å². The second-order valence-electron chi connectivity index (χ2n) is 13.8. The lowest BCUT2D eigenvalue weighted by molar-refractivity contribution is -0.199. The Morgan fingerprint density at radius 3 is 2.51 bits per heavy atom. The largest absolute Gasteiger partial charge is 0.478 e. The number of benzene rings is 3. The molecule has 5 fully saturated rings. The van der Waals surface area contributed by atoms with Crippen LogP contribution in [0.5, 0.6) is 0 Å². The predicted molar refractivity (Wildman–Crippen MR) is 168 cm³/mol. The fourth-order valence-corrected chi connectivity index (χ4v) is 8.43. The Morgan fingerprint density at radius 2 is 1.72 bits per heavy atom. The lowest BCUT2D eigenvalue weighted by atomic mass is 9.43. The summed E-state index contributed by atoms with van der Waals surface area (Å²) in [5.41, 5.74) is 2.24. The third-order valence-electron chi connectivity index (χ3n) is 11.1. The fraction of sp³-hybridized carbons (Fsp3) is 0.486. The predicted octanol–water partition coefficient (Wildman–Crippen LogP) is 4.70. The third kappa shape index (κ3) is 5.17. The van der Waals surface area contributed by atoms with Gasteiger partial charge in [-0.2, -0.15) is 0 Å².